The first-order valence-corrected chi connectivity index (χ1v) is 6.66. The van der Waals surface area contributed by atoms with Crippen molar-refractivity contribution in [2.45, 2.75) is 0 Å². The molecule has 0 atom stereocenters. The van der Waals surface area contributed by atoms with Crippen LogP contribution in [0, 0.1) is 11.6 Å². The Hall–Kier alpha value is -3.02. The molecule has 2 N–H and O–H groups in total. The largest absolute Gasteiger partial charge is 0.345 e. The topological polar surface area (TPSA) is 57.4 Å². The van der Waals surface area contributed by atoms with Gasteiger partial charge in [0.25, 0.3) is 0 Å². The van der Waals surface area contributed by atoms with Crippen molar-refractivity contribution in [2.24, 2.45) is 0 Å². The molecule has 0 unspecified atom stereocenters. The molecular formula is C16H10F2N4. The Bertz CT molecular complexity index is 901. The molecule has 0 aliphatic heterocycles. The molecule has 108 valence electrons. The lowest BCUT2D eigenvalue weighted by atomic mass is 10.1. The monoisotopic (exact) mass is 296 g/mol. The van der Waals surface area contributed by atoms with Crippen LogP contribution < -0.4 is 0 Å². The molecule has 22 heavy (non-hydrogen) atoms. The van der Waals surface area contributed by atoms with Crippen LogP contribution in [0.3, 0.4) is 0 Å². The summed E-state index contributed by atoms with van der Waals surface area (Å²) < 4.78 is 26.5. The normalized spacial score (nSPS) is 11.2. The second-order valence-electron chi connectivity index (χ2n) is 4.88. The second kappa shape index (κ2) is 4.77. The first-order valence-electron chi connectivity index (χ1n) is 6.66. The third-order valence-electron chi connectivity index (χ3n) is 3.45. The number of H-pyrrole nitrogens is 2. The highest BCUT2D eigenvalue weighted by molar-refractivity contribution is 5.79. The number of benzene rings is 2. The van der Waals surface area contributed by atoms with Crippen LogP contribution in [0.25, 0.3) is 33.8 Å². The molecule has 0 aliphatic carbocycles. The van der Waals surface area contributed by atoms with Crippen LogP contribution >= 0.6 is 0 Å². The van der Waals surface area contributed by atoms with Crippen LogP contribution in [0.2, 0.25) is 0 Å². The number of fused-ring (bicyclic) bond motifs is 1. The molecule has 0 bridgehead atoms. The molecule has 0 aliphatic rings. The Morgan fingerprint density at radius 2 is 1.55 bits per heavy atom. The summed E-state index contributed by atoms with van der Waals surface area (Å²) in [5.74, 6) is -0.458. The predicted molar refractivity (Wildman–Crippen MR) is 79.0 cm³/mol. The van der Waals surface area contributed by atoms with Gasteiger partial charge >= 0.3 is 0 Å². The maximum atomic E-state index is 13.2. The van der Waals surface area contributed by atoms with Crippen molar-refractivity contribution >= 4 is 11.0 Å². The van der Waals surface area contributed by atoms with Crippen LogP contribution in [0.4, 0.5) is 8.78 Å². The minimum absolute atomic E-state index is 0.393. The highest BCUT2D eigenvalue weighted by atomic mass is 19.2. The smallest absolute Gasteiger partial charge is 0.161 e. The van der Waals surface area contributed by atoms with Crippen LogP contribution in [0.1, 0.15) is 0 Å². The van der Waals surface area contributed by atoms with Crippen molar-refractivity contribution in [2.75, 3.05) is 0 Å². The van der Waals surface area contributed by atoms with Gasteiger partial charge in [-0.05, 0) is 0 Å². The van der Waals surface area contributed by atoms with Gasteiger partial charge in [-0.3, -0.25) is 0 Å². The first kappa shape index (κ1) is 12.7. The third-order valence-corrected chi connectivity index (χ3v) is 3.45. The molecule has 0 saturated carbocycles. The number of imidazole rings is 2. The third kappa shape index (κ3) is 2.05. The lowest BCUT2D eigenvalue weighted by Gasteiger charge is -1.99. The second-order valence-corrected chi connectivity index (χ2v) is 4.88. The van der Waals surface area contributed by atoms with E-state index in [4.69, 9.17) is 0 Å². The van der Waals surface area contributed by atoms with E-state index in [2.05, 4.69) is 19.9 Å². The van der Waals surface area contributed by atoms with Gasteiger partial charge in [-0.2, -0.15) is 0 Å². The quantitative estimate of drug-likeness (QED) is 0.589. The lowest BCUT2D eigenvalue weighted by molar-refractivity contribution is 0.510. The van der Waals surface area contributed by atoms with E-state index in [1.807, 2.05) is 24.3 Å². The molecule has 2 aromatic heterocycles. The minimum atomic E-state index is -0.904. The Kier molecular flexibility index (Phi) is 2.75. The number of aromatic amines is 2. The summed E-state index contributed by atoms with van der Waals surface area (Å²) in [4.78, 5) is 14.5. The number of rotatable bonds is 2. The average Bonchev–Trinajstić information content (AvgIpc) is 3.17. The van der Waals surface area contributed by atoms with E-state index in [0.29, 0.717) is 16.9 Å². The average molecular weight is 296 g/mol. The van der Waals surface area contributed by atoms with Crippen LogP contribution in [-0.4, -0.2) is 19.9 Å². The Morgan fingerprint density at radius 3 is 2.23 bits per heavy atom. The summed E-state index contributed by atoms with van der Waals surface area (Å²) in [7, 11) is 0. The van der Waals surface area contributed by atoms with Crippen molar-refractivity contribution in [3.8, 4) is 22.8 Å². The molecule has 0 amide bonds. The van der Waals surface area contributed by atoms with Gasteiger partial charge in [0.05, 0.1) is 11.0 Å². The summed E-state index contributed by atoms with van der Waals surface area (Å²) in [6, 6.07) is 9.76. The van der Waals surface area contributed by atoms with E-state index in [0.717, 1.165) is 29.1 Å². The molecule has 2 aromatic carbocycles. The number of hydrogen-bond acceptors (Lipinski definition) is 2. The highest BCUT2D eigenvalue weighted by Crippen LogP contribution is 2.24. The first-order chi connectivity index (χ1) is 10.7. The van der Waals surface area contributed by atoms with E-state index in [-0.39, 0.29) is 0 Å². The number of halogens is 2. The van der Waals surface area contributed by atoms with E-state index >= 15 is 0 Å². The Labute approximate surface area is 123 Å². The Balaban J connectivity index is 1.75. The highest BCUT2D eigenvalue weighted by Gasteiger charge is 2.10. The SMILES string of the molecule is Fc1cc2nc(-c3ccc(-c4ncc[nH]4)cc3)[nH]c2cc1F. The standard InChI is InChI=1S/C16H10F2N4/c17-11-7-13-14(8-12(11)18)22-16(21-13)10-3-1-9(2-4-10)15-19-5-6-20-15/h1-8H,(H,19,20)(H,21,22). The molecule has 0 saturated heterocycles. The fourth-order valence-electron chi connectivity index (χ4n) is 2.35. The fraction of sp³-hybridized carbons (Fsp3) is 0. The van der Waals surface area contributed by atoms with Crippen molar-refractivity contribution in [1.29, 1.82) is 0 Å². The zero-order chi connectivity index (χ0) is 15.1. The molecular weight excluding hydrogens is 286 g/mol. The molecule has 0 spiro atoms. The minimum Gasteiger partial charge on any atom is -0.345 e. The molecule has 6 heteroatoms. The van der Waals surface area contributed by atoms with Gasteiger partial charge in [0.15, 0.2) is 11.6 Å². The van der Waals surface area contributed by atoms with Gasteiger partial charge in [0, 0.05) is 35.7 Å². The predicted octanol–water partition coefficient (Wildman–Crippen LogP) is 3.90. The summed E-state index contributed by atoms with van der Waals surface area (Å²) in [5, 5.41) is 0. The Morgan fingerprint density at radius 1 is 0.864 bits per heavy atom. The van der Waals surface area contributed by atoms with Gasteiger partial charge in [0.1, 0.15) is 11.6 Å². The summed E-state index contributed by atoms with van der Waals surface area (Å²) >= 11 is 0. The van der Waals surface area contributed by atoms with E-state index in [1.165, 1.54) is 0 Å². The fourth-order valence-corrected chi connectivity index (χ4v) is 2.35. The summed E-state index contributed by atoms with van der Waals surface area (Å²) in [6.45, 7) is 0. The number of hydrogen-bond donors (Lipinski definition) is 2. The number of aromatic nitrogens is 4. The molecule has 4 nitrogen and oxygen atoms in total. The number of nitrogens with one attached hydrogen (secondary N) is 2. The molecule has 0 radical (unpaired) electrons. The van der Waals surface area contributed by atoms with Crippen molar-refractivity contribution < 1.29 is 8.78 Å². The van der Waals surface area contributed by atoms with Gasteiger partial charge < -0.3 is 9.97 Å². The molecule has 4 rings (SSSR count). The summed E-state index contributed by atoms with van der Waals surface area (Å²) in [5.41, 5.74) is 2.63. The molecule has 4 aromatic rings. The maximum absolute atomic E-state index is 13.2. The van der Waals surface area contributed by atoms with Crippen molar-refractivity contribution in [1.82, 2.24) is 19.9 Å². The molecule has 0 fully saturated rings. The van der Waals surface area contributed by atoms with Crippen LogP contribution in [-0.2, 0) is 0 Å². The van der Waals surface area contributed by atoms with Gasteiger partial charge in [0.2, 0.25) is 0 Å². The van der Waals surface area contributed by atoms with E-state index in [9.17, 15) is 8.78 Å². The zero-order valence-electron chi connectivity index (χ0n) is 11.3. The zero-order valence-corrected chi connectivity index (χ0v) is 11.3. The van der Waals surface area contributed by atoms with Crippen molar-refractivity contribution in [3.05, 3.63) is 60.4 Å². The summed E-state index contributed by atoms with van der Waals surface area (Å²) in [6.07, 6.45) is 3.44. The van der Waals surface area contributed by atoms with Crippen molar-refractivity contribution in [3.63, 3.8) is 0 Å². The molecule has 2 heterocycles. The van der Waals surface area contributed by atoms with E-state index in [1.54, 1.807) is 12.4 Å². The van der Waals surface area contributed by atoms with Gasteiger partial charge in [-0.25, -0.2) is 18.7 Å². The van der Waals surface area contributed by atoms with Crippen LogP contribution in [0.15, 0.2) is 48.8 Å². The van der Waals surface area contributed by atoms with Gasteiger partial charge in [-0.15, -0.1) is 0 Å². The number of nitrogens with zero attached hydrogens (tertiary/aromatic N) is 2. The maximum Gasteiger partial charge on any atom is 0.161 e. The van der Waals surface area contributed by atoms with Crippen LogP contribution in [0.5, 0.6) is 0 Å². The van der Waals surface area contributed by atoms with E-state index < -0.39 is 11.6 Å². The van der Waals surface area contributed by atoms with Gasteiger partial charge in [-0.1, -0.05) is 24.3 Å². The lowest BCUT2D eigenvalue weighted by Crippen LogP contribution is -1.83.